The minimum Gasteiger partial charge on any atom is -0.355 e. The van der Waals surface area contributed by atoms with Gasteiger partial charge in [0.1, 0.15) is 0 Å². The topological polar surface area (TPSA) is 109 Å². The van der Waals surface area contributed by atoms with Crippen LogP contribution < -0.4 is 21.7 Å². The highest BCUT2D eigenvalue weighted by molar-refractivity contribution is 6.09. The van der Waals surface area contributed by atoms with Crippen LogP contribution in [0, 0.1) is 0 Å². The molecule has 2 aromatic carbocycles. The number of carbonyl (C=O) groups is 2. The van der Waals surface area contributed by atoms with Gasteiger partial charge in [0.25, 0.3) is 11.8 Å². The van der Waals surface area contributed by atoms with E-state index < -0.39 is 0 Å². The van der Waals surface area contributed by atoms with Crippen molar-refractivity contribution in [3.63, 3.8) is 0 Å². The van der Waals surface area contributed by atoms with Crippen LogP contribution >= 0.6 is 0 Å². The number of hydrogen-bond donors (Lipinski definition) is 4. The Bertz CT molecular complexity index is 1130. The molecule has 7 nitrogen and oxygen atoms in total. The van der Waals surface area contributed by atoms with E-state index in [4.69, 9.17) is 5.73 Å². The summed E-state index contributed by atoms with van der Waals surface area (Å²) in [5, 5.41) is 9.79. The number of unbranched alkanes of at least 4 members (excludes halogenated alkanes) is 9. The molecule has 0 aliphatic heterocycles. The van der Waals surface area contributed by atoms with Crippen molar-refractivity contribution >= 4 is 34.1 Å². The number of carbonyl (C=O) groups excluding carboxylic acids is 2. The summed E-state index contributed by atoms with van der Waals surface area (Å²) in [6, 6.07) is 15.1. The largest absolute Gasteiger partial charge is 0.355 e. The number of nitrogens with zero attached hydrogens (tertiary/aromatic N) is 1. The number of rotatable bonds is 16. The van der Waals surface area contributed by atoms with Gasteiger partial charge in [-0.2, -0.15) is 0 Å². The van der Waals surface area contributed by atoms with Gasteiger partial charge < -0.3 is 21.7 Å². The molecule has 3 rings (SSSR count). The van der Waals surface area contributed by atoms with Crippen molar-refractivity contribution in [2.24, 2.45) is 5.73 Å². The van der Waals surface area contributed by atoms with Crippen molar-refractivity contribution in [3.8, 4) is 0 Å². The average molecular weight is 504 g/mol. The highest BCUT2D eigenvalue weighted by atomic mass is 16.2. The molecule has 0 bridgehead atoms. The van der Waals surface area contributed by atoms with Crippen LogP contribution in [0.4, 0.5) is 11.4 Å². The molecule has 0 spiro atoms. The van der Waals surface area contributed by atoms with Crippen LogP contribution in [0.1, 0.15) is 84.9 Å². The maximum Gasteiger partial charge on any atom is 0.254 e. The highest BCUT2D eigenvalue weighted by Crippen LogP contribution is 2.30. The lowest BCUT2D eigenvalue weighted by atomic mass is 10.0. The lowest BCUT2D eigenvalue weighted by Crippen LogP contribution is -2.24. The molecule has 0 aliphatic carbocycles. The first-order valence-electron chi connectivity index (χ1n) is 13.6. The second-order valence-electron chi connectivity index (χ2n) is 9.43. The van der Waals surface area contributed by atoms with Crippen LogP contribution in [0.5, 0.6) is 0 Å². The van der Waals surface area contributed by atoms with Gasteiger partial charge in [-0.1, -0.05) is 69.6 Å². The number of nitrogens with two attached hydrogens (primary N) is 1. The summed E-state index contributed by atoms with van der Waals surface area (Å²) in [6.45, 7) is 1.46. The third-order valence-corrected chi connectivity index (χ3v) is 6.56. The fourth-order valence-electron chi connectivity index (χ4n) is 4.43. The molecule has 198 valence electrons. The molecule has 0 atom stereocenters. The summed E-state index contributed by atoms with van der Waals surface area (Å²) in [5.41, 5.74) is 8.69. The monoisotopic (exact) mass is 503 g/mol. The Morgan fingerprint density at radius 1 is 0.811 bits per heavy atom. The number of amides is 2. The smallest absolute Gasteiger partial charge is 0.254 e. The van der Waals surface area contributed by atoms with Gasteiger partial charge in [0.15, 0.2) is 0 Å². The Morgan fingerprint density at radius 3 is 2.11 bits per heavy atom. The van der Waals surface area contributed by atoms with E-state index in [2.05, 4.69) is 20.9 Å². The maximum atomic E-state index is 12.9. The number of nitrogens with one attached hydrogen (secondary N) is 3. The SMILES string of the molecule is CNC(=O)c1cnc2ccc(C(=O)NCCCCCCCCCCCCN)cc2c1Nc1ccccc1. The fraction of sp³-hybridized carbons (Fsp3) is 0.433. The normalized spacial score (nSPS) is 10.9. The van der Waals surface area contributed by atoms with Crippen LogP contribution in [-0.4, -0.2) is 36.9 Å². The summed E-state index contributed by atoms with van der Waals surface area (Å²) in [7, 11) is 1.59. The molecule has 0 radical (unpaired) electrons. The minimum absolute atomic E-state index is 0.115. The molecule has 2 amide bonds. The molecule has 3 aromatic rings. The van der Waals surface area contributed by atoms with Gasteiger partial charge in [-0.05, 0) is 49.7 Å². The number of anilines is 2. The number of benzene rings is 2. The van der Waals surface area contributed by atoms with Gasteiger partial charge in [0.05, 0.1) is 16.8 Å². The van der Waals surface area contributed by atoms with Crippen LogP contribution in [0.2, 0.25) is 0 Å². The van der Waals surface area contributed by atoms with E-state index in [0.717, 1.165) is 36.9 Å². The summed E-state index contributed by atoms with van der Waals surface area (Å²) in [4.78, 5) is 29.9. The summed E-state index contributed by atoms with van der Waals surface area (Å²) in [6.07, 6.45) is 13.7. The Morgan fingerprint density at radius 2 is 1.46 bits per heavy atom. The summed E-state index contributed by atoms with van der Waals surface area (Å²) in [5.74, 6) is -0.357. The average Bonchev–Trinajstić information content (AvgIpc) is 2.93. The fourth-order valence-corrected chi connectivity index (χ4v) is 4.43. The third kappa shape index (κ3) is 8.86. The molecular formula is C30H41N5O2. The Kier molecular flexibility index (Phi) is 11.9. The van der Waals surface area contributed by atoms with Crippen LogP contribution in [-0.2, 0) is 0 Å². The summed E-state index contributed by atoms with van der Waals surface area (Å²) >= 11 is 0. The number of para-hydroxylation sites is 1. The number of aromatic nitrogens is 1. The molecular weight excluding hydrogens is 462 g/mol. The van der Waals surface area contributed by atoms with Crippen molar-refractivity contribution < 1.29 is 9.59 Å². The second kappa shape index (κ2) is 15.6. The standard InChI is InChI=1S/C30H41N5O2/c1-32-30(37)26-22-34-27-18-17-23(21-25(27)28(26)35-24-15-11-10-12-16-24)29(36)33-20-14-9-7-5-3-2-4-6-8-13-19-31/h10-12,15-18,21-22H,2-9,13-14,19-20,31H2,1H3,(H,32,37)(H,33,36)(H,34,35). The van der Waals surface area contributed by atoms with E-state index in [1.807, 2.05) is 42.5 Å². The van der Waals surface area contributed by atoms with E-state index >= 15 is 0 Å². The van der Waals surface area contributed by atoms with Gasteiger partial charge in [-0.25, -0.2) is 0 Å². The van der Waals surface area contributed by atoms with Gasteiger partial charge in [-0.3, -0.25) is 14.6 Å². The predicted molar refractivity (Wildman–Crippen MR) is 152 cm³/mol. The van der Waals surface area contributed by atoms with Crippen molar-refractivity contribution in [2.75, 3.05) is 25.5 Å². The van der Waals surface area contributed by atoms with Gasteiger partial charge in [0.2, 0.25) is 0 Å². The molecule has 7 heteroatoms. The molecule has 0 saturated carbocycles. The van der Waals surface area contributed by atoms with E-state index in [0.29, 0.717) is 28.9 Å². The maximum absolute atomic E-state index is 12.9. The molecule has 0 saturated heterocycles. The Labute approximate surface area is 220 Å². The Hall–Kier alpha value is -3.45. The molecule has 1 aromatic heterocycles. The molecule has 0 fully saturated rings. The van der Waals surface area contributed by atoms with E-state index in [-0.39, 0.29) is 11.8 Å². The molecule has 37 heavy (non-hydrogen) atoms. The second-order valence-corrected chi connectivity index (χ2v) is 9.43. The predicted octanol–water partition coefficient (Wildman–Crippen LogP) is 5.93. The van der Waals surface area contributed by atoms with Gasteiger partial charge >= 0.3 is 0 Å². The van der Waals surface area contributed by atoms with Crippen molar-refractivity contribution in [1.29, 1.82) is 0 Å². The lowest BCUT2D eigenvalue weighted by Gasteiger charge is -2.15. The summed E-state index contributed by atoms with van der Waals surface area (Å²) < 4.78 is 0. The van der Waals surface area contributed by atoms with Crippen molar-refractivity contribution in [2.45, 2.75) is 64.2 Å². The molecule has 5 N–H and O–H groups in total. The first-order valence-corrected chi connectivity index (χ1v) is 13.6. The number of fused-ring (bicyclic) bond motifs is 1. The minimum atomic E-state index is -0.241. The lowest BCUT2D eigenvalue weighted by molar-refractivity contribution is 0.0949. The van der Waals surface area contributed by atoms with Crippen LogP contribution in [0.15, 0.2) is 54.7 Å². The first kappa shape index (κ1) is 28.1. The number of pyridine rings is 1. The highest BCUT2D eigenvalue weighted by Gasteiger charge is 2.17. The van der Waals surface area contributed by atoms with Crippen molar-refractivity contribution in [1.82, 2.24) is 15.6 Å². The zero-order valence-corrected chi connectivity index (χ0v) is 22.0. The van der Waals surface area contributed by atoms with E-state index in [1.165, 1.54) is 44.9 Å². The van der Waals surface area contributed by atoms with Crippen molar-refractivity contribution in [3.05, 3.63) is 65.9 Å². The molecule has 0 unspecified atom stereocenters. The molecule has 0 aliphatic rings. The van der Waals surface area contributed by atoms with Crippen LogP contribution in [0.25, 0.3) is 10.9 Å². The number of hydrogen-bond acceptors (Lipinski definition) is 5. The third-order valence-electron chi connectivity index (χ3n) is 6.56. The quantitative estimate of drug-likeness (QED) is 0.181. The van der Waals surface area contributed by atoms with E-state index in [9.17, 15) is 9.59 Å². The molecule has 1 heterocycles. The van der Waals surface area contributed by atoms with Crippen LogP contribution in [0.3, 0.4) is 0 Å². The zero-order valence-electron chi connectivity index (χ0n) is 22.0. The zero-order chi connectivity index (χ0) is 26.3. The Balaban J connectivity index is 1.55. The van der Waals surface area contributed by atoms with Gasteiger partial charge in [-0.15, -0.1) is 0 Å². The first-order chi connectivity index (χ1) is 18.1. The van der Waals surface area contributed by atoms with E-state index in [1.54, 1.807) is 19.3 Å². The van der Waals surface area contributed by atoms with Gasteiger partial charge in [0, 0.05) is 36.4 Å².